The fourth-order valence-electron chi connectivity index (χ4n) is 3.89. The third-order valence-corrected chi connectivity index (χ3v) is 5.54. The molecule has 0 amide bonds. The summed E-state index contributed by atoms with van der Waals surface area (Å²) in [6.07, 6.45) is 3.80. The number of likely N-dealkylation sites (tertiary alicyclic amines) is 2. The van der Waals surface area contributed by atoms with Crippen molar-refractivity contribution in [3.8, 4) is 17.6 Å². The van der Waals surface area contributed by atoms with Crippen LogP contribution in [0.3, 0.4) is 0 Å². The minimum absolute atomic E-state index is 0.188. The number of ether oxygens (including phenoxy) is 2. The summed E-state index contributed by atoms with van der Waals surface area (Å²) in [5.41, 5.74) is 1.10. The van der Waals surface area contributed by atoms with Gasteiger partial charge in [0.2, 0.25) is 0 Å². The molecule has 0 aromatic heterocycles. The first kappa shape index (κ1) is 19.9. The molecule has 27 heavy (non-hydrogen) atoms. The predicted octanol–water partition coefficient (Wildman–Crippen LogP) is 2.27. The van der Waals surface area contributed by atoms with Gasteiger partial charge in [0.1, 0.15) is 24.2 Å². The number of piperidine rings is 1. The van der Waals surface area contributed by atoms with E-state index in [1.165, 1.54) is 12.8 Å². The molecular formula is C21H31N3O3. The Morgan fingerprint density at radius 1 is 1.19 bits per heavy atom. The van der Waals surface area contributed by atoms with Gasteiger partial charge in [-0.15, -0.1) is 0 Å². The monoisotopic (exact) mass is 373 g/mol. The second kappa shape index (κ2) is 9.93. The third kappa shape index (κ3) is 5.83. The summed E-state index contributed by atoms with van der Waals surface area (Å²) in [5.74, 6) is 1.72. The zero-order chi connectivity index (χ0) is 19.1. The van der Waals surface area contributed by atoms with Gasteiger partial charge in [0.25, 0.3) is 0 Å². The fraction of sp³-hybridized carbons (Fsp3) is 0.667. The molecule has 2 saturated heterocycles. The van der Waals surface area contributed by atoms with Crippen molar-refractivity contribution in [1.29, 1.82) is 5.26 Å². The molecule has 0 unspecified atom stereocenters. The van der Waals surface area contributed by atoms with Crippen LogP contribution in [0.1, 0.15) is 31.2 Å². The van der Waals surface area contributed by atoms with Crippen molar-refractivity contribution >= 4 is 0 Å². The average molecular weight is 373 g/mol. The second-order valence-corrected chi connectivity index (χ2v) is 7.63. The largest absolute Gasteiger partial charge is 0.497 e. The number of benzene rings is 1. The molecule has 1 aromatic rings. The van der Waals surface area contributed by atoms with Crippen LogP contribution in [0.2, 0.25) is 0 Å². The number of hydrogen-bond donors (Lipinski definition) is 1. The summed E-state index contributed by atoms with van der Waals surface area (Å²) in [7, 11) is 1.65. The Kier molecular flexibility index (Phi) is 7.33. The third-order valence-electron chi connectivity index (χ3n) is 5.54. The van der Waals surface area contributed by atoms with E-state index in [0.717, 1.165) is 62.6 Å². The summed E-state index contributed by atoms with van der Waals surface area (Å²) in [5, 5.41) is 19.4. The lowest BCUT2D eigenvalue weighted by molar-refractivity contribution is 0.0748. The molecule has 2 aliphatic heterocycles. The molecule has 0 aliphatic carbocycles. The maximum atomic E-state index is 10.3. The molecule has 1 N–H and O–H groups in total. The number of hydrogen-bond acceptors (Lipinski definition) is 6. The van der Waals surface area contributed by atoms with E-state index in [0.29, 0.717) is 6.54 Å². The molecule has 2 aliphatic rings. The lowest BCUT2D eigenvalue weighted by Gasteiger charge is -2.29. The maximum Gasteiger partial charge on any atom is 0.127 e. The van der Waals surface area contributed by atoms with E-state index in [1.807, 2.05) is 18.2 Å². The van der Waals surface area contributed by atoms with Crippen molar-refractivity contribution in [1.82, 2.24) is 9.80 Å². The van der Waals surface area contributed by atoms with Crippen molar-refractivity contribution in [2.24, 2.45) is 5.92 Å². The quantitative estimate of drug-likeness (QED) is 0.754. The van der Waals surface area contributed by atoms with Crippen molar-refractivity contribution in [2.45, 2.75) is 38.3 Å². The highest BCUT2D eigenvalue weighted by Crippen LogP contribution is 2.28. The van der Waals surface area contributed by atoms with Gasteiger partial charge in [-0.2, -0.15) is 5.26 Å². The Labute approximate surface area is 162 Å². The summed E-state index contributed by atoms with van der Waals surface area (Å²) in [6.45, 7) is 5.75. The topological polar surface area (TPSA) is 69.0 Å². The van der Waals surface area contributed by atoms with E-state index in [1.54, 1.807) is 7.11 Å². The molecule has 1 aromatic carbocycles. The van der Waals surface area contributed by atoms with Crippen LogP contribution in [0.25, 0.3) is 0 Å². The molecule has 1 atom stereocenters. The highest BCUT2D eigenvalue weighted by Gasteiger charge is 2.21. The van der Waals surface area contributed by atoms with E-state index >= 15 is 0 Å². The SMILES string of the molecule is COc1ccc(CN2CCC(C#N)CC2)c(OC[C@@H](O)CN2CCCC2)c1. The molecule has 6 heteroatoms. The molecule has 148 valence electrons. The second-order valence-electron chi connectivity index (χ2n) is 7.63. The molecule has 2 heterocycles. The minimum atomic E-state index is -0.492. The van der Waals surface area contributed by atoms with Gasteiger partial charge >= 0.3 is 0 Å². The summed E-state index contributed by atoms with van der Waals surface area (Å²) in [6, 6.07) is 8.27. The van der Waals surface area contributed by atoms with Crippen LogP contribution in [-0.2, 0) is 6.54 Å². The van der Waals surface area contributed by atoms with Crippen LogP contribution < -0.4 is 9.47 Å². The van der Waals surface area contributed by atoms with Crippen LogP contribution in [-0.4, -0.2) is 67.5 Å². The summed E-state index contributed by atoms with van der Waals surface area (Å²) >= 11 is 0. The summed E-state index contributed by atoms with van der Waals surface area (Å²) < 4.78 is 11.3. The van der Waals surface area contributed by atoms with Crippen molar-refractivity contribution in [3.05, 3.63) is 23.8 Å². The fourth-order valence-corrected chi connectivity index (χ4v) is 3.89. The Morgan fingerprint density at radius 3 is 2.59 bits per heavy atom. The summed E-state index contributed by atoms with van der Waals surface area (Å²) in [4.78, 5) is 4.66. The molecule has 0 spiro atoms. The Bertz CT molecular complexity index is 632. The van der Waals surface area contributed by atoms with E-state index in [-0.39, 0.29) is 12.5 Å². The van der Waals surface area contributed by atoms with Gasteiger partial charge in [-0.1, -0.05) is 6.07 Å². The number of nitriles is 1. The number of aliphatic hydroxyl groups is 1. The van der Waals surface area contributed by atoms with E-state index in [4.69, 9.17) is 14.7 Å². The highest BCUT2D eigenvalue weighted by molar-refractivity contribution is 5.40. The highest BCUT2D eigenvalue weighted by atomic mass is 16.5. The number of β-amino-alcohol motifs (C(OH)–C–C–N with tert-alkyl or cyclic N) is 1. The first-order chi connectivity index (χ1) is 13.2. The molecular weight excluding hydrogens is 342 g/mol. The van der Waals surface area contributed by atoms with Crippen LogP contribution in [0, 0.1) is 17.2 Å². The van der Waals surface area contributed by atoms with Crippen molar-refractivity contribution in [2.75, 3.05) is 46.4 Å². The number of methoxy groups -OCH3 is 1. The van der Waals surface area contributed by atoms with Crippen LogP contribution in [0.4, 0.5) is 0 Å². The number of rotatable bonds is 8. The smallest absolute Gasteiger partial charge is 0.127 e. The van der Waals surface area contributed by atoms with E-state index < -0.39 is 6.10 Å². The Morgan fingerprint density at radius 2 is 1.93 bits per heavy atom. The molecule has 2 fully saturated rings. The lowest BCUT2D eigenvalue weighted by Crippen LogP contribution is -2.34. The first-order valence-electron chi connectivity index (χ1n) is 10.00. The van der Waals surface area contributed by atoms with E-state index in [2.05, 4.69) is 15.9 Å². The van der Waals surface area contributed by atoms with E-state index in [9.17, 15) is 5.11 Å². The maximum absolute atomic E-state index is 10.3. The zero-order valence-corrected chi connectivity index (χ0v) is 16.3. The van der Waals surface area contributed by atoms with Crippen molar-refractivity contribution < 1.29 is 14.6 Å². The molecule has 0 saturated carbocycles. The first-order valence-corrected chi connectivity index (χ1v) is 10.00. The van der Waals surface area contributed by atoms with Gasteiger partial charge in [-0.25, -0.2) is 0 Å². The van der Waals surface area contributed by atoms with Crippen LogP contribution in [0.5, 0.6) is 11.5 Å². The van der Waals surface area contributed by atoms with Gasteiger partial charge in [0.15, 0.2) is 0 Å². The van der Waals surface area contributed by atoms with Gasteiger partial charge in [0.05, 0.1) is 13.2 Å². The zero-order valence-electron chi connectivity index (χ0n) is 16.3. The van der Waals surface area contributed by atoms with Gasteiger partial charge in [-0.3, -0.25) is 4.90 Å². The minimum Gasteiger partial charge on any atom is -0.497 e. The standard InChI is InChI=1S/C21H31N3O3/c1-26-20-5-4-18(14-24-10-6-17(13-22)7-11-24)21(12-20)27-16-19(25)15-23-8-2-3-9-23/h4-5,12,17,19,25H,2-3,6-11,14-16H2,1H3/t19-/m0/s1. The van der Waals surface area contributed by atoms with Gasteiger partial charge in [0, 0.05) is 30.6 Å². The molecule has 0 bridgehead atoms. The lowest BCUT2D eigenvalue weighted by atomic mass is 9.98. The number of nitrogens with zero attached hydrogens (tertiary/aromatic N) is 3. The molecule has 0 radical (unpaired) electrons. The molecule has 6 nitrogen and oxygen atoms in total. The van der Waals surface area contributed by atoms with Crippen LogP contribution >= 0.6 is 0 Å². The molecule has 3 rings (SSSR count). The van der Waals surface area contributed by atoms with Crippen molar-refractivity contribution in [3.63, 3.8) is 0 Å². The normalized spacial score (nSPS) is 20.3. The predicted molar refractivity (Wildman–Crippen MR) is 104 cm³/mol. The van der Waals surface area contributed by atoms with Gasteiger partial charge in [-0.05, 0) is 57.9 Å². The average Bonchev–Trinajstić information content (AvgIpc) is 3.20. The Balaban J connectivity index is 1.58. The Hall–Kier alpha value is -1.81. The number of aliphatic hydroxyl groups excluding tert-OH is 1. The van der Waals surface area contributed by atoms with Gasteiger partial charge < -0.3 is 19.5 Å². The van der Waals surface area contributed by atoms with Crippen LogP contribution in [0.15, 0.2) is 18.2 Å².